The lowest BCUT2D eigenvalue weighted by Gasteiger charge is -2.39. The van der Waals surface area contributed by atoms with Crippen LogP contribution in [0.1, 0.15) is 110 Å². The van der Waals surface area contributed by atoms with Crippen LogP contribution in [0.25, 0.3) is 0 Å². The summed E-state index contributed by atoms with van der Waals surface area (Å²) in [5.74, 6) is -5.87. The summed E-state index contributed by atoms with van der Waals surface area (Å²) in [6.07, 6.45) is 5.50. The molecule has 1 saturated heterocycles. The molecule has 0 spiro atoms. The molecular weight excluding hydrogens is 1130 g/mol. The second-order valence-corrected chi connectivity index (χ2v) is 23.2. The first-order valence-electron chi connectivity index (χ1n) is 30.5. The summed E-state index contributed by atoms with van der Waals surface area (Å²) in [7, 11) is 8.01. The molecule has 1 fully saturated rings. The molecule has 0 saturated carbocycles. The van der Waals surface area contributed by atoms with Crippen LogP contribution in [0.5, 0.6) is 0 Å². The Morgan fingerprint density at radius 1 is 0.761 bits per heavy atom. The van der Waals surface area contributed by atoms with Crippen LogP contribution in [0.4, 0.5) is 10.5 Å². The fraction of sp³-hybridized carbons (Fsp3) is 0.603. The highest BCUT2D eigenvalue weighted by molar-refractivity contribution is 6.12. The molecule has 2 aromatic rings. The van der Waals surface area contributed by atoms with Crippen LogP contribution in [0.2, 0.25) is 0 Å². The number of carbonyl (C=O) groups is 11. The number of amides is 11. The molecule has 4 rings (SSSR count). The summed E-state index contributed by atoms with van der Waals surface area (Å²) in [6, 6.07) is 11.7. The normalized spacial score (nSPS) is 16.7. The summed E-state index contributed by atoms with van der Waals surface area (Å²) in [4.78, 5) is 150. The molecule has 9 atom stereocenters. The van der Waals surface area contributed by atoms with Gasteiger partial charge >= 0.3 is 12.0 Å². The van der Waals surface area contributed by atoms with Crippen molar-refractivity contribution in [3.8, 4) is 0 Å². The van der Waals surface area contributed by atoms with E-state index in [2.05, 4.69) is 26.6 Å². The van der Waals surface area contributed by atoms with E-state index in [4.69, 9.17) is 15.2 Å². The van der Waals surface area contributed by atoms with Gasteiger partial charge in [0.1, 0.15) is 12.1 Å². The lowest BCUT2D eigenvalue weighted by atomic mass is 9.90. The number of nitrogens with two attached hydrogens (primary N) is 1. The van der Waals surface area contributed by atoms with Gasteiger partial charge in [-0.3, -0.25) is 53.0 Å². The molecule has 0 aliphatic carbocycles. The Hall–Kier alpha value is -7.77. The number of imide groups is 1. The second kappa shape index (κ2) is 36.5. The number of unbranched alkanes of at least 4 members (excludes halogenated alkanes) is 2. The monoisotopic (exact) mass is 1230 g/mol. The Morgan fingerprint density at radius 3 is 2.03 bits per heavy atom. The van der Waals surface area contributed by atoms with Gasteiger partial charge < -0.3 is 61.6 Å². The number of rotatable bonds is 38. The van der Waals surface area contributed by atoms with Crippen molar-refractivity contribution in [2.75, 3.05) is 79.5 Å². The van der Waals surface area contributed by atoms with E-state index in [0.717, 1.165) is 16.0 Å². The van der Waals surface area contributed by atoms with E-state index in [1.165, 1.54) is 31.3 Å². The number of ether oxygens (including phenoxy) is 2. The molecule has 2 aliphatic heterocycles. The van der Waals surface area contributed by atoms with E-state index in [9.17, 15) is 57.8 Å². The van der Waals surface area contributed by atoms with Crippen molar-refractivity contribution in [2.24, 2.45) is 23.5 Å². The number of anilines is 1. The maximum Gasteiger partial charge on any atom is 0.326 e. The van der Waals surface area contributed by atoms with Crippen molar-refractivity contribution in [3.05, 3.63) is 77.9 Å². The fourth-order valence-corrected chi connectivity index (χ4v) is 11.4. The second-order valence-electron chi connectivity index (χ2n) is 23.2. The van der Waals surface area contributed by atoms with Crippen molar-refractivity contribution in [1.82, 2.24) is 46.2 Å². The molecule has 25 nitrogen and oxygen atoms in total. The Labute approximate surface area is 517 Å². The van der Waals surface area contributed by atoms with Crippen molar-refractivity contribution in [2.45, 2.75) is 154 Å². The molecule has 0 bridgehead atoms. The minimum absolute atomic E-state index is 0.0812. The van der Waals surface area contributed by atoms with E-state index < -0.39 is 78.1 Å². The minimum Gasteiger partial charge on any atom is -0.480 e. The number of carbonyl (C=O) groups excluding carboxylic acids is 10. The molecule has 88 heavy (non-hydrogen) atoms. The summed E-state index contributed by atoms with van der Waals surface area (Å²) in [5, 5.41) is 23.3. The third kappa shape index (κ3) is 22.1. The number of hydrogen-bond acceptors (Lipinski definition) is 14. The number of likely N-dealkylation sites (N-methyl/N-ethyl adjacent to an activating group) is 3. The summed E-state index contributed by atoms with van der Waals surface area (Å²) in [5.41, 5.74) is 7.42. The standard InChI is InChI=1S/C63H95N11O14/c1-11-41(4)57(49(87-9)37-54(79)73-34-19-23-48(73)58(88-10)42(5)59(81)69-47(62(84)85)36-44-20-14-12-15-21-44)72(8)55(80)39-67-60(82)56(40(2)3)70(6)35-31-43-25-27-45(28-26-43)71(7)61(83)46(22-18-32-65-63(64)86)68-51(76)38-66-50(75)24-16-13-17-33-74-52(77)29-30-53(74)78/h12,14-15,20-21,25-30,40-42,46-49,56-58H,11,13,16-19,22-24,31-39H2,1-10H3,(H,66,75)(H,67,82)(H,68,76)(H,69,81)(H,84,85)(H3,64,65,86)/t41-,42+,46-,47-,48-,49+,56?,57?,58+/m0/s1. The molecule has 0 aromatic heterocycles. The molecular formula is C63H95N11O14. The van der Waals surface area contributed by atoms with Crippen LogP contribution in [-0.2, 0) is 70.3 Å². The van der Waals surface area contributed by atoms with E-state index in [1.54, 1.807) is 67.2 Å². The number of likely N-dealkylation sites (tertiary alicyclic amines) is 1. The van der Waals surface area contributed by atoms with Crippen LogP contribution < -0.4 is 37.2 Å². The van der Waals surface area contributed by atoms with Crippen LogP contribution in [0, 0.1) is 17.8 Å². The third-order valence-corrected chi connectivity index (χ3v) is 16.6. The summed E-state index contributed by atoms with van der Waals surface area (Å²) >= 11 is 0. The molecule has 2 aliphatic rings. The Balaban J connectivity index is 1.31. The number of benzene rings is 2. The predicted molar refractivity (Wildman–Crippen MR) is 330 cm³/mol. The van der Waals surface area contributed by atoms with Crippen LogP contribution >= 0.6 is 0 Å². The molecule has 486 valence electrons. The number of carboxylic acid groups (broad SMARTS) is 1. The molecule has 25 heteroatoms. The lowest BCUT2D eigenvalue weighted by Crippen LogP contribution is -2.55. The van der Waals surface area contributed by atoms with Crippen LogP contribution in [-0.4, -0.2) is 207 Å². The summed E-state index contributed by atoms with van der Waals surface area (Å²) in [6.45, 7) is 10.0. The van der Waals surface area contributed by atoms with Crippen molar-refractivity contribution in [3.63, 3.8) is 0 Å². The Morgan fingerprint density at radius 2 is 1.43 bits per heavy atom. The largest absolute Gasteiger partial charge is 0.480 e. The molecule has 2 heterocycles. The minimum atomic E-state index is -1.17. The predicted octanol–water partition coefficient (Wildman–Crippen LogP) is 2.53. The highest BCUT2D eigenvalue weighted by Gasteiger charge is 2.43. The number of urea groups is 1. The Bertz CT molecular complexity index is 2690. The number of aliphatic carboxylic acids is 1. The topological polar surface area (TPSA) is 329 Å². The average Bonchev–Trinajstić information content (AvgIpc) is 4.28. The maximum absolute atomic E-state index is 14.3. The quantitative estimate of drug-likeness (QED) is 0.0375. The number of nitrogens with one attached hydrogen (secondary N) is 5. The van der Waals surface area contributed by atoms with Crippen LogP contribution in [0.3, 0.4) is 0 Å². The van der Waals surface area contributed by atoms with Gasteiger partial charge in [-0.15, -0.1) is 0 Å². The number of methoxy groups -OCH3 is 2. The van der Waals surface area contributed by atoms with Gasteiger partial charge in [-0.25, -0.2) is 9.59 Å². The average molecular weight is 1230 g/mol. The molecule has 2 unspecified atom stereocenters. The first-order chi connectivity index (χ1) is 41.8. The fourth-order valence-electron chi connectivity index (χ4n) is 11.4. The Kier molecular flexibility index (Phi) is 30.2. The van der Waals surface area contributed by atoms with Gasteiger partial charge in [0.25, 0.3) is 11.8 Å². The van der Waals surface area contributed by atoms with Gasteiger partial charge in [0.05, 0.1) is 55.8 Å². The van der Waals surface area contributed by atoms with Gasteiger partial charge in [-0.05, 0) is 87.1 Å². The van der Waals surface area contributed by atoms with E-state index >= 15 is 0 Å². The summed E-state index contributed by atoms with van der Waals surface area (Å²) < 4.78 is 11.9. The van der Waals surface area contributed by atoms with E-state index in [-0.39, 0.29) is 99.1 Å². The maximum atomic E-state index is 14.3. The smallest absolute Gasteiger partial charge is 0.326 e. The highest BCUT2D eigenvalue weighted by Crippen LogP contribution is 2.30. The van der Waals surface area contributed by atoms with Crippen molar-refractivity contribution < 1.29 is 67.3 Å². The first kappa shape index (κ1) is 72.7. The zero-order chi connectivity index (χ0) is 65.2. The molecule has 2 aromatic carbocycles. The van der Waals surface area contributed by atoms with E-state index in [0.29, 0.717) is 70.1 Å². The highest BCUT2D eigenvalue weighted by atomic mass is 16.5. The molecule has 8 N–H and O–H groups in total. The zero-order valence-corrected chi connectivity index (χ0v) is 52.9. The van der Waals surface area contributed by atoms with Crippen LogP contribution in [0.15, 0.2) is 66.7 Å². The van der Waals surface area contributed by atoms with Crippen molar-refractivity contribution >= 4 is 70.9 Å². The third-order valence-electron chi connectivity index (χ3n) is 16.6. The van der Waals surface area contributed by atoms with Gasteiger partial charge in [-0.2, -0.15) is 0 Å². The van der Waals surface area contributed by atoms with Gasteiger partial charge in [0, 0.05) is 85.2 Å². The molecule has 0 radical (unpaired) electrons. The number of primary amides is 1. The van der Waals surface area contributed by atoms with E-state index in [1.807, 2.05) is 57.8 Å². The number of nitrogens with zero attached hydrogens (tertiary/aromatic N) is 5. The zero-order valence-electron chi connectivity index (χ0n) is 52.9. The number of hydrogen-bond donors (Lipinski definition) is 7. The van der Waals surface area contributed by atoms with Gasteiger partial charge in [0.2, 0.25) is 41.4 Å². The van der Waals surface area contributed by atoms with Crippen molar-refractivity contribution in [1.29, 1.82) is 0 Å². The van der Waals surface area contributed by atoms with Gasteiger partial charge in [0.15, 0.2) is 0 Å². The SMILES string of the molecule is CC[C@H](C)C([C@@H](CC(=O)N1CCC[C@H]1[C@H](OC)[C@@H](C)C(=O)N[C@@H](Cc1ccccc1)C(=O)O)OC)N(C)C(=O)CNC(=O)C(C(C)C)N(C)CCc1ccc(N(C)C(=O)[C@H](CCCNC(N)=O)NC(=O)CNC(=O)CCCCCN2C(=O)C=CC2=O)cc1. The van der Waals surface area contributed by atoms with Gasteiger partial charge in [-0.1, -0.05) is 89.9 Å². The lowest BCUT2D eigenvalue weighted by molar-refractivity contribution is -0.147. The number of carboxylic acids is 1. The molecule has 11 amide bonds. The first-order valence-corrected chi connectivity index (χ1v) is 30.5.